The highest BCUT2D eigenvalue weighted by Gasteiger charge is 2.16. The number of hydrogen-bond donors (Lipinski definition) is 2. The van der Waals surface area contributed by atoms with E-state index in [-0.39, 0.29) is 12.7 Å². The van der Waals surface area contributed by atoms with Gasteiger partial charge in [0, 0.05) is 12.1 Å². The van der Waals surface area contributed by atoms with Crippen LogP contribution in [0, 0.1) is 6.92 Å². The molecule has 0 unspecified atom stereocenters. The minimum absolute atomic E-state index is 0.178. The number of aromatic nitrogens is 2. The van der Waals surface area contributed by atoms with E-state index in [1.54, 1.807) is 6.20 Å². The Balaban J connectivity index is 1.50. The maximum Gasteiger partial charge on any atom is 0.255 e. The van der Waals surface area contributed by atoms with E-state index < -0.39 is 0 Å². The number of benzene rings is 2. The van der Waals surface area contributed by atoms with E-state index >= 15 is 0 Å². The number of aryl methyl sites for hydroxylation is 1. The van der Waals surface area contributed by atoms with Gasteiger partial charge in [0.1, 0.15) is 0 Å². The zero-order chi connectivity index (χ0) is 17.2. The maximum atomic E-state index is 12.6. The highest BCUT2D eigenvalue weighted by molar-refractivity contribution is 5.99. The SMILES string of the molecule is Cc1cccc(-c2[nH]ncc2C(=O)NCc2ccc3c(c2)OCO3)c1. The molecule has 1 aliphatic rings. The van der Waals surface area contributed by atoms with Gasteiger partial charge < -0.3 is 14.8 Å². The van der Waals surface area contributed by atoms with Gasteiger partial charge in [-0.3, -0.25) is 9.89 Å². The van der Waals surface area contributed by atoms with Crippen molar-refractivity contribution < 1.29 is 14.3 Å². The number of aromatic amines is 1. The number of amides is 1. The number of carbonyl (C=O) groups excluding carboxylic acids is 1. The lowest BCUT2D eigenvalue weighted by Crippen LogP contribution is -2.23. The summed E-state index contributed by atoms with van der Waals surface area (Å²) >= 11 is 0. The first kappa shape index (κ1) is 15.3. The Morgan fingerprint density at radius 3 is 2.96 bits per heavy atom. The molecule has 126 valence electrons. The van der Waals surface area contributed by atoms with Crippen LogP contribution >= 0.6 is 0 Å². The number of carbonyl (C=O) groups is 1. The molecular formula is C19H17N3O3. The summed E-state index contributed by atoms with van der Waals surface area (Å²) in [6.07, 6.45) is 1.55. The Labute approximate surface area is 144 Å². The molecule has 0 fully saturated rings. The van der Waals surface area contributed by atoms with Gasteiger partial charge in [-0.2, -0.15) is 5.10 Å². The van der Waals surface area contributed by atoms with Gasteiger partial charge in [0.25, 0.3) is 5.91 Å². The number of H-pyrrole nitrogens is 1. The molecule has 6 heteroatoms. The predicted molar refractivity (Wildman–Crippen MR) is 92.5 cm³/mol. The second kappa shape index (κ2) is 6.32. The van der Waals surface area contributed by atoms with E-state index in [2.05, 4.69) is 15.5 Å². The molecule has 0 radical (unpaired) electrons. The number of nitrogens with one attached hydrogen (secondary N) is 2. The first-order valence-corrected chi connectivity index (χ1v) is 7.98. The highest BCUT2D eigenvalue weighted by atomic mass is 16.7. The van der Waals surface area contributed by atoms with Crippen molar-refractivity contribution in [3.8, 4) is 22.8 Å². The molecule has 0 saturated carbocycles. The van der Waals surface area contributed by atoms with Gasteiger partial charge >= 0.3 is 0 Å². The van der Waals surface area contributed by atoms with Gasteiger partial charge in [0.05, 0.1) is 17.5 Å². The molecule has 0 atom stereocenters. The topological polar surface area (TPSA) is 76.2 Å². The average Bonchev–Trinajstić information content (AvgIpc) is 3.28. The number of ether oxygens (including phenoxy) is 2. The van der Waals surface area contributed by atoms with Crippen LogP contribution in [0.3, 0.4) is 0 Å². The summed E-state index contributed by atoms with van der Waals surface area (Å²) in [6, 6.07) is 13.6. The summed E-state index contributed by atoms with van der Waals surface area (Å²) in [7, 11) is 0. The van der Waals surface area contributed by atoms with Crippen molar-refractivity contribution in [2.75, 3.05) is 6.79 Å². The number of rotatable bonds is 4. The molecule has 1 amide bonds. The second-order valence-electron chi connectivity index (χ2n) is 5.90. The highest BCUT2D eigenvalue weighted by Crippen LogP contribution is 2.32. The molecule has 0 aliphatic carbocycles. The summed E-state index contributed by atoms with van der Waals surface area (Å²) in [5, 5.41) is 9.87. The quantitative estimate of drug-likeness (QED) is 0.768. The third kappa shape index (κ3) is 3.06. The first-order valence-electron chi connectivity index (χ1n) is 7.98. The molecule has 4 rings (SSSR count). The minimum Gasteiger partial charge on any atom is -0.454 e. The third-order valence-electron chi connectivity index (χ3n) is 4.08. The molecule has 25 heavy (non-hydrogen) atoms. The van der Waals surface area contributed by atoms with E-state index in [9.17, 15) is 4.79 Å². The molecule has 3 aromatic rings. The van der Waals surface area contributed by atoms with Crippen molar-refractivity contribution in [3.05, 3.63) is 65.4 Å². The van der Waals surface area contributed by atoms with Gasteiger partial charge in [0.15, 0.2) is 11.5 Å². The van der Waals surface area contributed by atoms with Crippen LogP contribution < -0.4 is 14.8 Å². The van der Waals surface area contributed by atoms with Crippen LogP contribution in [-0.2, 0) is 6.54 Å². The van der Waals surface area contributed by atoms with Crippen molar-refractivity contribution in [1.29, 1.82) is 0 Å². The summed E-state index contributed by atoms with van der Waals surface area (Å²) in [5.74, 6) is 1.25. The van der Waals surface area contributed by atoms with Gasteiger partial charge in [-0.15, -0.1) is 0 Å². The Hall–Kier alpha value is -3.28. The maximum absolute atomic E-state index is 12.6. The monoisotopic (exact) mass is 335 g/mol. The van der Waals surface area contributed by atoms with Crippen LogP contribution in [0.1, 0.15) is 21.5 Å². The van der Waals surface area contributed by atoms with Gasteiger partial charge in [-0.1, -0.05) is 29.8 Å². The second-order valence-corrected chi connectivity index (χ2v) is 5.90. The molecule has 0 spiro atoms. The first-order chi connectivity index (χ1) is 12.2. The zero-order valence-electron chi connectivity index (χ0n) is 13.7. The van der Waals surface area contributed by atoms with Gasteiger partial charge in [-0.25, -0.2) is 0 Å². The molecule has 2 aromatic carbocycles. The van der Waals surface area contributed by atoms with E-state index in [4.69, 9.17) is 9.47 Å². The van der Waals surface area contributed by atoms with E-state index in [1.165, 1.54) is 0 Å². The van der Waals surface area contributed by atoms with Crippen molar-refractivity contribution in [2.24, 2.45) is 0 Å². The number of hydrogen-bond acceptors (Lipinski definition) is 4. The molecule has 1 aromatic heterocycles. The molecule has 1 aliphatic heterocycles. The Bertz CT molecular complexity index is 933. The van der Waals surface area contributed by atoms with Crippen LogP contribution in [0.25, 0.3) is 11.3 Å². The standard InChI is InChI=1S/C19H17N3O3/c1-12-3-2-4-14(7-12)18-15(10-21-22-18)19(23)20-9-13-5-6-16-17(8-13)25-11-24-16/h2-8,10H,9,11H2,1H3,(H,20,23)(H,21,22). The lowest BCUT2D eigenvalue weighted by molar-refractivity contribution is 0.0951. The van der Waals surface area contributed by atoms with Crippen molar-refractivity contribution in [3.63, 3.8) is 0 Å². The summed E-state index contributed by atoms with van der Waals surface area (Å²) < 4.78 is 10.6. The molecule has 2 heterocycles. The van der Waals surface area contributed by atoms with Gasteiger partial charge in [0.2, 0.25) is 6.79 Å². The lowest BCUT2D eigenvalue weighted by atomic mass is 10.1. The normalized spacial score (nSPS) is 12.2. The Morgan fingerprint density at radius 2 is 2.08 bits per heavy atom. The largest absolute Gasteiger partial charge is 0.454 e. The number of nitrogens with zero attached hydrogens (tertiary/aromatic N) is 1. The predicted octanol–water partition coefficient (Wildman–Crippen LogP) is 3.04. The molecule has 0 saturated heterocycles. The molecular weight excluding hydrogens is 318 g/mol. The summed E-state index contributed by atoms with van der Waals surface area (Å²) in [4.78, 5) is 12.6. The van der Waals surface area contributed by atoms with Crippen molar-refractivity contribution >= 4 is 5.91 Å². The minimum atomic E-state index is -0.178. The molecule has 2 N–H and O–H groups in total. The fourth-order valence-electron chi connectivity index (χ4n) is 2.81. The zero-order valence-corrected chi connectivity index (χ0v) is 13.7. The lowest BCUT2D eigenvalue weighted by Gasteiger charge is -2.07. The van der Waals surface area contributed by atoms with Crippen LogP contribution in [-0.4, -0.2) is 22.9 Å². The Morgan fingerprint density at radius 1 is 1.20 bits per heavy atom. The van der Waals surface area contributed by atoms with E-state index in [1.807, 2.05) is 49.4 Å². The fourth-order valence-corrected chi connectivity index (χ4v) is 2.81. The van der Waals surface area contributed by atoms with Crippen LogP contribution in [0.2, 0.25) is 0 Å². The van der Waals surface area contributed by atoms with Crippen LogP contribution in [0.15, 0.2) is 48.7 Å². The summed E-state index contributed by atoms with van der Waals surface area (Å²) in [6.45, 7) is 2.65. The van der Waals surface area contributed by atoms with Gasteiger partial charge in [-0.05, 0) is 30.7 Å². The van der Waals surface area contributed by atoms with Crippen LogP contribution in [0.4, 0.5) is 0 Å². The van der Waals surface area contributed by atoms with Crippen molar-refractivity contribution in [1.82, 2.24) is 15.5 Å². The average molecular weight is 335 g/mol. The third-order valence-corrected chi connectivity index (χ3v) is 4.08. The van der Waals surface area contributed by atoms with Crippen molar-refractivity contribution in [2.45, 2.75) is 13.5 Å². The molecule has 6 nitrogen and oxygen atoms in total. The fraction of sp³-hybridized carbons (Fsp3) is 0.158. The number of fused-ring (bicyclic) bond motifs is 1. The molecule has 0 bridgehead atoms. The Kier molecular flexibility index (Phi) is 3.85. The van der Waals surface area contributed by atoms with E-state index in [0.29, 0.717) is 23.6 Å². The summed E-state index contributed by atoms with van der Waals surface area (Å²) in [5.41, 5.74) is 4.24. The smallest absolute Gasteiger partial charge is 0.255 e. The van der Waals surface area contributed by atoms with Crippen LogP contribution in [0.5, 0.6) is 11.5 Å². The van der Waals surface area contributed by atoms with E-state index in [0.717, 1.165) is 22.4 Å².